The summed E-state index contributed by atoms with van der Waals surface area (Å²) >= 11 is 0. The molecule has 3 heteroatoms. The van der Waals surface area contributed by atoms with Gasteiger partial charge >= 0.3 is 0 Å². The van der Waals surface area contributed by atoms with Gasteiger partial charge in [0.25, 0.3) is 0 Å². The molecule has 0 atom stereocenters. The fourth-order valence-electron chi connectivity index (χ4n) is 0.566. The molecule has 0 aliphatic carbocycles. The average Bonchev–Trinajstić information content (AvgIpc) is 2.34. The van der Waals surface area contributed by atoms with Gasteiger partial charge < -0.3 is 10.2 Å². The summed E-state index contributed by atoms with van der Waals surface area (Å²) in [7, 11) is 0. The number of carbonyl (C=O) groups excluding carboxylic acids is 1. The van der Waals surface area contributed by atoms with E-state index in [9.17, 15) is 4.79 Å². The van der Waals surface area contributed by atoms with Crippen LogP contribution >= 0.6 is 0 Å². The highest BCUT2D eigenvalue weighted by Crippen LogP contribution is 2.03. The molecule has 2 N–H and O–H groups in total. The fraction of sp³-hybridized carbons (Fsp3) is 0.167. The van der Waals surface area contributed by atoms with Crippen molar-refractivity contribution in [1.82, 2.24) is 0 Å². The Labute approximate surface area is 52.5 Å². The molecule has 0 amide bonds. The molecule has 0 saturated carbocycles. The Hall–Kier alpha value is -1.09. The van der Waals surface area contributed by atoms with E-state index in [0.29, 0.717) is 17.9 Å². The highest BCUT2D eigenvalue weighted by molar-refractivity contribution is 5.74. The van der Waals surface area contributed by atoms with Crippen molar-refractivity contribution in [2.45, 2.75) is 6.54 Å². The van der Waals surface area contributed by atoms with Crippen LogP contribution in [-0.2, 0) is 6.54 Å². The maximum absolute atomic E-state index is 10.0. The van der Waals surface area contributed by atoms with Gasteiger partial charge in [0.2, 0.25) is 0 Å². The molecule has 1 rings (SSSR count). The molecule has 0 saturated heterocycles. The number of nitrogens with two attached hydrogens (primary N) is 1. The average molecular weight is 125 g/mol. The summed E-state index contributed by atoms with van der Waals surface area (Å²) in [5.41, 5.74) is 5.75. The first-order chi connectivity index (χ1) is 4.36. The molecule has 1 heterocycles. The second-order valence-electron chi connectivity index (χ2n) is 1.67. The second kappa shape index (κ2) is 2.46. The number of aldehydes is 1. The number of carbonyl (C=O) groups is 1. The van der Waals surface area contributed by atoms with Gasteiger partial charge in [0, 0.05) is 0 Å². The lowest BCUT2D eigenvalue weighted by Crippen LogP contribution is -1.92. The molecular formula is C6H7NO2. The molecule has 0 unspecified atom stereocenters. The Morgan fingerprint density at radius 2 is 2.56 bits per heavy atom. The highest BCUT2D eigenvalue weighted by Gasteiger charge is 1.95. The minimum absolute atomic E-state index is 0.341. The largest absolute Gasteiger partial charge is 0.467 e. The van der Waals surface area contributed by atoms with Crippen LogP contribution in [0.4, 0.5) is 0 Å². The van der Waals surface area contributed by atoms with Gasteiger partial charge in [-0.05, 0) is 6.07 Å². The predicted octanol–water partition coefficient (Wildman–Crippen LogP) is 0.551. The zero-order valence-corrected chi connectivity index (χ0v) is 4.83. The van der Waals surface area contributed by atoms with E-state index in [1.165, 1.54) is 6.26 Å². The third-order valence-electron chi connectivity index (χ3n) is 1.01. The van der Waals surface area contributed by atoms with Gasteiger partial charge in [-0.2, -0.15) is 0 Å². The number of rotatable bonds is 2. The summed E-state index contributed by atoms with van der Waals surface area (Å²) in [5, 5.41) is 0. The van der Waals surface area contributed by atoms with Gasteiger partial charge in [0.05, 0.1) is 12.1 Å². The van der Waals surface area contributed by atoms with Crippen molar-refractivity contribution in [2.24, 2.45) is 5.73 Å². The quantitative estimate of drug-likeness (QED) is 0.587. The minimum atomic E-state index is 0.341. The molecule has 1 aromatic rings. The van der Waals surface area contributed by atoms with Crippen LogP contribution < -0.4 is 5.73 Å². The van der Waals surface area contributed by atoms with E-state index < -0.39 is 0 Å². The van der Waals surface area contributed by atoms with Gasteiger partial charge in [0.1, 0.15) is 12.0 Å². The van der Waals surface area contributed by atoms with Crippen molar-refractivity contribution in [3.05, 3.63) is 23.7 Å². The van der Waals surface area contributed by atoms with Crippen molar-refractivity contribution in [1.29, 1.82) is 0 Å². The summed E-state index contributed by atoms with van der Waals surface area (Å²) in [6, 6.07) is 1.62. The SMILES string of the molecule is NCc1cc(C=O)co1. The van der Waals surface area contributed by atoms with Crippen LogP contribution in [0.1, 0.15) is 16.1 Å². The Balaban J connectivity index is 2.86. The van der Waals surface area contributed by atoms with Crippen LogP contribution in [0, 0.1) is 0 Å². The van der Waals surface area contributed by atoms with Gasteiger partial charge in [-0.1, -0.05) is 0 Å². The first-order valence-corrected chi connectivity index (χ1v) is 2.59. The molecule has 0 radical (unpaired) electrons. The van der Waals surface area contributed by atoms with Gasteiger partial charge in [-0.15, -0.1) is 0 Å². The smallest absolute Gasteiger partial charge is 0.153 e. The standard InChI is InChI=1S/C6H7NO2/c7-2-6-1-5(3-8)4-9-6/h1,3-4H,2,7H2. The molecule has 9 heavy (non-hydrogen) atoms. The van der Waals surface area contributed by atoms with Crippen LogP contribution in [0.25, 0.3) is 0 Å². The summed E-state index contributed by atoms with van der Waals surface area (Å²) in [4.78, 5) is 10.0. The molecule has 0 aliphatic rings. The zero-order chi connectivity index (χ0) is 6.69. The molecule has 0 spiro atoms. The predicted molar refractivity (Wildman–Crippen MR) is 32.0 cm³/mol. The topological polar surface area (TPSA) is 56.2 Å². The van der Waals surface area contributed by atoms with Crippen molar-refractivity contribution >= 4 is 6.29 Å². The lowest BCUT2D eigenvalue weighted by atomic mass is 10.3. The van der Waals surface area contributed by atoms with E-state index in [1.807, 2.05) is 0 Å². The molecule has 0 aromatic carbocycles. The van der Waals surface area contributed by atoms with Crippen molar-refractivity contribution in [2.75, 3.05) is 0 Å². The molecule has 0 fully saturated rings. The first-order valence-electron chi connectivity index (χ1n) is 2.59. The van der Waals surface area contributed by atoms with Crippen LogP contribution in [0.5, 0.6) is 0 Å². The number of hydrogen-bond donors (Lipinski definition) is 1. The lowest BCUT2D eigenvalue weighted by Gasteiger charge is -1.80. The summed E-state index contributed by atoms with van der Waals surface area (Å²) in [5.74, 6) is 0.636. The normalized spacial score (nSPS) is 9.44. The van der Waals surface area contributed by atoms with Gasteiger partial charge in [-0.3, -0.25) is 4.79 Å². The Bertz CT molecular complexity index is 205. The van der Waals surface area contributed by atoms with E-state index in [2.05, 4.69) is 0 Å². The minimum Gasteiger partial charge on any atom is -0.467 e. The maximum Gasteiger partial charge on any atom is 0.153 e. The molecule has 0 bridgehead atoms. The Morgan fingerprint density at radius 3 is 2.89 bits per heavy atom. The van der Waals surface area contributed by atoms with Crippen molar-refractivity contribution < 1.29 is 9.21 Å². The summed E-state index contributed by atoms with van der Waals surface area (Å²) in [6.45, 7) is 0.341. The molecular weight excluding hydrogens is 118 g/mol. The summed E-state index contributed by atoms with van der Waals surface area (Å²) < 4.78 is 4.85. The van der Waals surface area contributed by atoms with E-state index >= 15 is 0 Å². The zero-order valence-electron chi connectivity index (χ0n) is 4.83. The molecule has 1 aromatic heterocycles. The van der Waals surface area contributed by atoms with Gasteiger partial charge in [0.15, 0.2) is 6.29 Å². The van der Waals surface area contributed by atoms with Crippen molar-refractivity contribution in [3.8, 4) is 0 Å². The van der Waals surface area contributed by atoms with Crippen LogP contribution in [0.2, 0.25) is 0 Å². The van der Waals surface area contributed by atoms with Crippen molar-refractivity contribution in [3.63, 3.8) is 0 Å². The van der Waals surface area contributed by atoms with E-state index in [1.54, 1.807) is 6.07 Å². The third-order valence-corrected chi connectivity index (χ3v) is 1.01. The van der Waals surface area contributed by atoms with E-state index in [4.69, 9.17) is 10.2 Å². The maximum atomic E-state index is 10.0. The number of hydrogen-bond acceptors (Lipinski definition) is 3. The first kappa shape index (κ1) is 6.04. The highest BCUT2D eigenvalue weighted by atomic mass is 16.3. The summed E-state index contributed by atoms with van der Waals surface area (Å²) in [6.07, 6.45) is 2.11. The van der Waals surface area contributed by atoms with E-state index in [-0.39, 0.29) is 0 Å². The van der Waals surface area contributed by atoms with E-state index in [0.717, 1.165) is 6.29 Å². The Kier molecular flexibility index (Phi) is 1.65. The second-order valence-corrected chi connectivity index (χ2v) is 1.67. The molecule has 48 valence electrons. The van der Waals surface area contributed by atoms with Gasteiger partial charge in [-0.25, -0.2) is 0 Å². The molecule has 3 nitrogen and oxygen atoms in total. The monoisotopic (exact) mass is 125 g/mol. The molecule has 0 aliphatic heterocycles. The fourth-order valence-corrected chi connectivity index (χ4v) is 0.566. The third kappa shape index (κ3) is 1.17. The van der Waals surface area contributed by atoms with Crippen LogP contribution in [0.15, 0.2) is 16.7 Å². The number of furan rings is 1. The lowest BCUT2D eigenvalue weighted by molar-refractivity contribution is 0.112. The van der Waals surface area contributed by atoms with Crippen LogP contribution in [0.3, 0.4) is 0 Å². The van der Waals surface area contributed by atoms with Crippen LogP contribution in [-0.4, -0.2) is 6.29 Å². The Morgan fingerprint density at radius 1 is 1.78 bits per heavy atom.